The van der Waals surface area contributed by atoms with Crippen molar-refractivity contribution < 1.29 is 9.50 Å². The van der Waals surface area contributed by atoms with Crippen molar-refractivity contribution in [2.45, 2.75) is 25.8 Å². The molecule has 0 saturated carbocycles. The first-order valence-electron chi connectivity index (χ1n) is 5.87. The normalized spacial score (nSPS) is 11.1. The van der Waals surface area contributed by atoms with Crippen molar-refractivity contribution in [1.29, 1.82) is 0 Å². The molecule has 0 amide bonds. The van der Waals surface area contributed by atoms with Gasteiger partial charge in [-0.1, -0.05) is 15.9 Å². The molecule has 1 aromatic rings. The first-order chi connectivity index (χ1) is 8.13. The molecule has 2 nitrogen and oxygen atoms in total. The van der Waals surface area contributed by atoms with E-state index in [4.69, 9.17) is 5.11 Å². The number of rotatable bonds is 7. The maximum Gasteiger partial charge on any atom is 0.123 e. The van der Waals surface area contributed by atoms with Crippen molar-refractivity contribution in [3.63, 3.8) is 0 Å². The molecule has 0 aliphatic heterocycles. The lowest BCUT2D eigenvalue weighted by atomic mass is 10.2. The van der Waals surface area contributed by atoms with Crippen LogP contribution >= 0.6 is 15.9 Å². The monoisotopic (exact) mass is 303 g/mol. The van der Waals surface area contributed by atoms with Gasteiger partial charge in [0.15, 0.2) is 0 Å². The van der Waals surface area contributed by atoms with Gasteiger partial charge in [-0.2, -0.15) is 0 Å². The molecule has 96 valence electrons. The van der Waals surface area contributed by atoms with Gasteiger partial charge in [-0.05, 0) is 56.6 Å². The molecular weight excluding hydrogens is 285 g/mol. The Morgan fingerprint density at radius 1 is 1.29 bits per heavy atom. The van der Waals surface area contributed by atoms with Crippen molar-refractivity contribution in [1.82, 2.24) is 4.90 Å². The average molecular weight is 304 g/mol. The first-order valence-corrected chi connectivity index (χ1v) is 6.66. The van der Waals surface area contributed by atoms with Crippen LogP contribution in [0.1, 0.15) is 24.8 Å². The van der Waals surface area contributed by atoms with Crippen molar-refractivity contribution in [3.8, 4) is 0 Å². The fourth-order valence-corrected chi connectivity index (χ4v) is 2.08. The van der Waals surface area contributed by atoms with Crippen molar-refractivity contribution in [2.75, 3.05) is 20.2 Å². The van der Waals surface area contributed by atoms with E-state index in [-0.39, 0.29) is 12.4 Å². The number of hydrogen-bond donors (Lipinski definition) is 1. The molecule has 1 rings (SSSR count). The van der Waals surface area contributed by atoms with Crippen LogP contribution in [0.3, 0.4) is 0 Å². The molecule has 0 heterocycles. The lowest BCUT2D eigenvalue weighted by Crippen LogP contribution is -2.19. The van der Waals surface area contributed by atoms with Crippen LogP contribution < -0.4 is 0 Å². The molecule has 0 aromatic heterocycles. The van der Waals surface area contributed by atoms with Gasteiger partial charge >= 0.3 is 0 Å². The van der Waals surface area contributed by atoms with E-state index in [1.165, 1.54) is 6.07 Å². The molecule has 1 aromatic carbocycles. The van der Waals surface area contributed by atoms with E-state index in [1.54, 1.807) is 12.1 Å². The third-order valence-corrected chi connectivity index (χ3v) is 3.42. The molecule has 1 N–H and O–H groups in total. The lowest BCUT2D eigenvalue weighted by molar-refractivity contribution is 0.271. The molecule has 0 spiro atoms. The summed E-state index contributed by atoms with van der Waals surface area (Å²) in [6.07, 6.45) is 2.95. The summed E-state index contributed by atoms with van der Waals surface area (Å²) < 4.78 is 14.0. The van der Waals surface area contributed by atoms with E-state index in [1.807, 2.05) is 7.05 Å². The van der Waals surface area contributed by atoms with Crippen molar-refractivity contribution in [3.05, 3.63) is 34.1 Å². The maximum atomic E-state index is 13.1. The second-order valence-electron chi connectivity index (χ2n) is 4.26. The smallest absolute Gasteiger partial charge is 0.123 e. The Kier molecular flexibility index (Phi) is 6.70. The number of aliphatic hydroxyl groups is 1. The summed E-state index contributed by atoms with van der Waals surface area (Å²) in [6.45, 7) is 1.96. The zero-order valence-electron chi connectivity index (χ0n) is 10.1. The maximum absolute atomic E-state index is 13.1. The second kappa shape index (κ2) is 7.80. The molecule has 0 atom stereocenters. The van der Waals surface area contributed by atoms with Crippen molar-refractivity contribution in [2.24, 2.45) is 0 Å². The van der Waals surface area contributed by atoms with Gasteiger partial charge in [0.25, 0.3) is 0 Å². The van der Waals surface area contributed by atoms with Crippen LogP contribution in [0, 0.1) is 5.82 Å². The van der Waals surface area contributed by atoms with Crippen LogP contribution in [-0.4, -0.2) is 30.2 Å². The third kappa shape index (κ3) is 5.61. The molecule has 0 radical (unpaired) electrons. The fraction of sp³-hybridized carbons (Fsp3) is 0.538. The molecular formula is C13H19BrFNO. The van der Waals surface area contributed by atoms with Crippen LogP contribution in [0.4, 0.5) is 4.39 Å². The lowest BCUT2D eigenvalue weighted by Gasteiger charge is -2.17. The number of nitrogens with zero attached hydrogens (tertiary/aromatic N) is 1. The van der Waals surface area contributed by atoms with Gasteiger partial charge in [0, 0.05) is 17.6 Å². The number of aliphatic hydroxyl groups excluding tert-OH is 1. The Bertz CT molecular complexity index is 346. The standard InChI is InChI=1S/C13H19BrFNO/c1-16(7-3-2-4-8-17)10-11-9-12(15)5-6-13(11)14/h5-6,9,17H,2-4,7-8,10H2,1H3. The van der Waals surface area contributed by atoms with E-state index >= 15 is 0 Å². The molecule has 0 saturated heterocycles. The van der Waals surface area contributed by atoms with Gasteiger partial charge in [0.2, 0.25) is 0 Å². The Morgan fingerprint density at radius 3 is 2.76 bits per heavy atom. The minimum Gasteiger partial charge on any atom is -0.396 e. The van der Waals surface area contributed by atoms with E-state index in [0.717, 1.165) is 42.4 Å². The highest BCUT2D eigenvalue weighted by Gasteiger charge is 2.05. The summed E-state index contributed by atoms with van der Waals surface area (Å²) in [5.74, 6) is -0.197. The second-order valence-corrected chi connectivity index (χ2v) is 5.11. The molecule has 0 aliphatic rings. The SMILES string of the molecule is CN(CCCCCO)Cc1cc(F)ccc1Br. The van der Waals surface area contributed by atoms with Gasteiger partial charge in [0.1, 0.15) is 5.82 Å². The minimum atomic E-state index is -0.197. The van der Waals surface area contributed by atoms with Crippen LogP contribution in [0.25, 0.3) is 0 Å². The fourth-order valence-electron chi connectivity index (χ4n) is 1.70. The summed E-state index contributed by atoms with van der Waals surface area (Å²) in [6, 6.07) is 4.76. The topological polar surface area (TPSA) is 23.5 Å². The minimum absolute atomic E-state index is 0.197. The number of unbranched alkanes of at least 4 members (excludes halogenated alkanes) is 2. The van der Waals surface area contributed by atoms with Gasteiger partial charge in [-0.25, -0.2) is 4.39 Å². The van der Waals surface area contributed by atoms with Gasteiger partial charge in [0.05, 0.1) is 0 Å². The van der Waals surface area contributed by atoms with Crippen LogP contribution in [0.15, 0.2) is 22.7 Å². The molecule has 4 heteroatoms. The van der Waals surface area contributed by atoms with Gasteiger partial charge in [-0.15, -0.1) is 0 Å². The van der Waals surface area contributed by atoms with Crippen LogP contribution in [0.2, 0.25) is 0 Å². The summed E-state index contributed by atoms with van der Waals surface area (Å²) in [5.41, 5.74) is 0.967. The molecule has 0 aliphatic carbocycles. The summed E-state index contributed by atoms with van der Waals surface area (Å²) in [7, 11) is 2.02. The van der Waals surface area contributed by atoms with E-state index in [9.17, 15) is 4.39 Å². The molecule has 0 fully saturated rings. The zero-order valence-corrected chi connectivity index (χ0v) is 11.7. The zero-order chi connectivity index (χ0) is 12.7. The molecule has 17 heavy (non-hydrogen) atoms. The highest BCUT2D eigenvalue weighted by molar-refractivity contribution is 9.10. The van der Waals surface area contributed by atoms with Crippen LogP contribution in [-0.2, 0) is 6.54 Å². The van der Waals surface area contributed by atoms with E-state index < -0.39 is 0 Å². The Labute approximate surface area is 111 Å². The summed E-state index contributed by atoms with van der Waals surface area (Å²) in [5, 5.41) is 8.67. The largest absolute Gasteiger partial charge is 0.396 e. The predicted octanol–water partition coefficient (Wildman–Crippen LogP) is 3.18. The molecule has 0 unspecified atom stereocenters. The highest BCUT2D eigenvalue weighted by Crippen LogP contribution is 2.19. The Hall–Kier alpha value is -0.450. The van der Waals surface area contributed by atoms with E-state index in [2.05, 4.69) is 20.8 Å². The third-order valence-electron chi connectivity index (χ3n) is 2.65. The quantitative estimate of drug-likeness (QED) is 0.782. The number of hydrogen-bond acceptors (Lipinski definition) is 2. The number of halogens is 2. The summed E-state index contributed by atoms with van der Waals surface area (Å²) in [4.78, 5) is 2.16. The average Bonchev–Trinajstić information content (AvgIpc) is 2.29. The predicted molar refractivity (Wildman–Crippen MR) is 71.4 cm³/mol. The highest BCUT2D eigenvalue weighted by atomic mass is 79.9. The van der Waals surface area contributed by atoms with Crippen molar-refractivity contribution >= 4 is 15.9 Å². The van der Waals surface area contributed by atoms with Gasteiger partial charge in [-0.3, -0.25) is 0 Å². The van der Waals surface area contributed by atoms with E-state index in [0.29, 0.717) is 0 Å². The van der Waals surface area contributed by atoms with Gasteiger partial charge < -0.3 is 10.0 Å². The first kappa shape index (κ1) is 14.6. The Balaban J connectivity index is 2.39. The molecule has 0 bridgehead atoms. The van der Waals surface area contributed by atoms with Crippen LogP contribution in [0.5, 0.6) is 0 Å². The summed E-state index contributed by atoms with van der Waals surface area (Å²) >= 11 is 3.43. The Morgan fingerprint density at radius 2 is 2.06 bits per heavy atom. The number of benzene rings is 1.